The fraction of sp³-hybridized carbons (Fsp3) is 0.158. The second-order valence-electron chi connectivity index (χ2n) is 6.08. The number of aryl methyl sites for hydroxylation is 2. The zero-order valence-corrected chi connectivity index (χ0v) is 15.5. The highest BCUT2D eigenvalue weighted by molar-refractivity contribution is 7.89. The number of furan rings is 1. The van der Waals surface area contributed by atoms with E-state index in [4.69, 9.17) is 14.3 Å². The number of rotatable bonds is 5. The van der Waals surface area contributed by atoms with Crippen LogP contribution in [0, 0.1) is 13.8 Å². The minimum atomic E-state index is -3.97. The fourth-order valence-corrected chi connectivity index (χ4v) is 3.56. The molecule has 0 fully saturated rings. The van der Waals surface area contributed by atoms with Gasteiger partial charge in [-0.25, -0.2) is 18.4 Å². The molecular formula is C19H17NO6S. The van der Waals surface area contributed by atoms with Crippen molar-refractivity contribution in [2.45, 2.75) is 18.7 Å². The number of ketones is 1. The Balaban J connectivity index is 1.77. The van der Waals surface area contributed by atoms with Crippen molar-refractivity contribution < 1.29 is 27.2 Å². The van der Waals surface area contributed by atoms with Crippen LogP contribution in [0.5, 0.6) is 0 Å². The third-order valence-electron chi connectivity index (χ3n) is 4.16. The van der Waals surface area contributed by atoms with Crippen LogP contribution in [-0.4, -0.2) is 26.8 Å². The Morgan fingerprint density at radius 3 is 2.48 bits per heavy atom. The first-order chi connectivity index (χ1) is 12.7. The van der Waals surface area contributed by atoms with Crippen molar-refractivity contribution in [3.05, 3.63) is 64.9 Å². The van der Waals surface area contributed by atoms with E-state index in [1.807, 2.05) is 12.1 Å². The van der Waals surface area contributed by atoms with Crippen LogP contribution in [0.25, 0.3) is 11.0 Å². The lowest BCUT2D eigenvalue weighted by molar-refractivity contribution is 0.0468. The molecule has 2 N–H and O–H groups in total. The van der Waals surface area contributed by atoms with Crippen LogP contribution in [-0.2, 0) is 14.8 Å². The van der Waals surface area contributed by atoms with Gasteiger partial charge >= 0.3 is 5.97 Å². The minimum absolute atomic E-state index is 0.0150. The van der Waals surface area contributed by atoms with E-state index in [1.54, 1.807) is 26.0 Å². The van der Waals surface area contributed by atoms with Crippen molar-refractivity contribution in [1.82, 2.24) is 0 Å². The molecule has 7 nitrogen and oxygen atoms in total. The highest BCUT2D eigenvalue weighted by Gasteiger charge is 2.20. The third kappa shape index (κ3) is 3.76. The van der Waals surface area contributed by atoms with E-state index in [-0.39, 0.29) is 16.2 Å². The maximum Gasteiger partial charge on any atom is 0.338 e. The third-order valence-corrected chi connectivity index (χ3v) is 5.21. The number of hydrogen-bond donors (Lipinski definition) is 1. The predicted octanol–water partition coefficient (Wildman–Crippen LogP) is 2.74. The average molecular weight is 387 g/mol. The number of hydrogen-bond acceptors (Lipinski definition) is 6. The summed E-state index contributed by atoms with van der Waals surface area (Å²) >= 11 is 0. The maximum atomic E-state index is 12.4. The van der Waals surface area contributed by atoms with Crippen LogP contribution in [0.1, 0.15) is 32.0 Å². The van der Waals surface area contributed by atoms with Crippen molar-refractivity contribution in [3.63, 3.8) is 0 Å². The van der Waals surface area contributed by atoms with Crippen molar-refractivity contribution in [1.29, 1.82) is 0 Å². The summed E-state index contributed by atoms with van der Waals surface area (Å²) in [5.41, 5.74) is 1.63. The smallest absolute Gasteiger partial charge is 0.338 e. The predicted molar refractivity (Wildman–Crippen MR) is 98.1 cm³/mol. The van der Waals surface area contributed by atoms with Crippen LogP contribution < -0.4 is 5.14 Å². The standard InChI is InChI=1S/C19H17NO6S/c1-11-7-8-13(9-17(11)27(20,23)24)19(22)25-10-15(21)18-12(2)14-5-3-4-6-16(14)26-18/h3-9H,10H2,1-2H3,(H2,20,23,24). The van der Waals surface area contributed by atoms with Crippen LogP contribution >= 0.6 is 0 Å². The van der Waals surface area contributed by atoms with Gasteiger partial charge in [0.25, 0.3) is 0 Å². The summed E-state index contributed by atoms with van der Waals surface area (Å²) in [5, 5.41) is 5.94. The van der Waals surface area contributed by atoms with Gasteiger partial charge in [0.1, 0.15) is 5.58 Å². The first kappa shape index (κ1) is 18.8. The van der Waals surface area contributed by atoms with E-state index in [1.165, 1.54) is 12.1 Å². The largest absolute Gasteiger partial charge is 0.454 e. The Morgan fingerprint density at radius 2 is 1.81 bits per heavy atom. The molecule has 2 aromatic carbocycles. The van der Waals surface area contributed by atoms with Gasteiger partial charge in [-0.1, -0.05) is 24.3 Å². The summed E-state index contributed by atoms with van der Waals surface area (Å²) in [6.45, 7) is 2.78. The first-order valence-electron chi connectivity index (χ1n) is 8.00. The number of sulfonamides is 1. The molecule has 0 aliphatic heterocycles. The molecule has 140 valence electrons. The lowest BCUT2D eigenvalue weighted by Crippen LogP contribution is -2.17. The molecule has 0 radical (unpaired) electrons. The van der Waals surface area contributed by atoms with Crippen LogP contribution in [0.15, 0.2) is 51.8 Å². The molecule has 8 heteroatoms. The van der Waals surface area contributed by atoms with E-state index in [9.17, 15) is 18.0 Å². The van der Waals surface area contributed by atoms with Crippen molar-refractivity contribution in [2.24, 2.45) is 5.14 Å². The number of fused-ring (bicyclic) bond motifs is 1. The number of ether oxygens (including phenoxy) is 1. The number of para-hydroxylation sites is 1. The number of nitrogens with two attached hydrogens (primary N) is 1. The second-order valence-corrected chi connectivity index (χ2v) is 7.61. The zero-order chi connectivity index (χ0) is 19.8. The van der Waals surface area contributed by atoms with Crippen LogP contribution in [0.3, 0.4) is 0 Å². The Morgan fingerprint density at radius 1 is 1.11 bits per heavy atom. The highest BCUT2D eigenvalue weighted by atomic mass is 32.2. The summed E-state index contributed by atoms with van der Waals surface area (Å²) in [6, 6.07) is 11.2. The normalized spacial score (nSPS) is 11.5. The molecular weight excluding hydrogens is 370 g/mol. The lowest BCUT2D eigenvalue weighted by atomic mass is 10.1. The Labute approximate surface area is 155 Å². The summed E-state index contributed by atoms with van der Waals surface area (Å²) in [4.78, 5) is 24.4. The van der Waals surface area contributed by atoms with Crippen molar-refractivity contribution >= 4 is 32.7 Å². The fourth-order valence-electron chi connectivity index (χ4n) is 2.75. The quantitative estimate of drug-likeness (QED) is 0.531. The summed E-state index contributed by atoms with van der Waals surface area (Å²) in [6.07, 6.45) is 0. The van der Waals surface area contributed by atoms with Crippen LogP contribution in [0.2, 0.25) is 0 Å². The molecule has 0 bridgehead atoms. The molecule has 1 heterocycles. The van der Waals surface area contributed by atoms with Gasteiger partial charge < -0.3 is 9.15 Å². The Kier molecular flexibility index (Phi) is 4.86. The topological polar surface area (TPSA) is 117 Å². The molecule has 0 spiro atoms. The van der Waals surface area contributed by atoms with Crippen molar-refractivity contribution in [3.8, 4) is 0 Å². The molecule has 3 aromatic rings. The minimum Gasteiger partial charge on any atom is -0.454 e. The molecule has 0 unspecified atom stereocenters. The van der Waals surface area contributed by atoms with Gasteiger partial charge in [-0.3, -0.25) is 4.79 Å². The van der Waals surface area contributed by atoms with Gasteiger partial charge in [-0.2, -0.15) is 0 Å². The van der Waals surface area contributed by atoms with Gasteiger partial charge in [0, 0.05) is 10.9 Å². The molecule has 0 aliphatic carbocycles. The number of esters is 1. The monoisotopic (exact) mass is 387 g/mol. The molecule has 1 aromatic heterocycles. The zero-order valence-electron chi connectivity index (χ0n) is 14.7. The molecule has 0 atom stereocenters. The lowest BCUT2D eigenvalue weighted by Gasteiger charge is -2.07. The first-order valence-corrected chi connectivity index (χ1v) is 9.55. The molecule has 0 saturated heterocycles. The number of benzene rings is 2. The van der Waals surface area contributed by atoms with E-state index >= 15 is 0 Å². The number of primary sulfonamides is 1. The molecule has 3 rings (SSSR count). The molecule has 0 amide bonds. The van der Waals surface area contributed by atoms with Crippen molar-refractivity contribution in [2.75, 3.05) is 6.61 Å². The number of Topliss-reactive ketones (excluding diaryl/α,β-unsaturated/α-hetero) is 1. The summed E-state index contributed by atoms with van der Waals surface area (Å²) in [5.74, 6) is -1.20. The average Bonchev–Trinajstić information content (AvgIpc) is 2.96. The van der Waals surface area contributed by atoms with Gasteiger partial charge in [0.15, 0.2) is 12.4 Å². The van der Waals surface area contributed by atoms with Gasteiger partial charge in [-0.05, 0) is 37.6 Å². The van der Waals surface area contributed by atoms with E-state index in [0.717, 1.165) is 11.5 Å². The Bertz CT molecular complexity index is 1160. The van der Waals surface area contributed by atoms with Gasteiger partial charge in [-0.15, -0.1) is 0 Å². The van der Waals surface area contributed by atoms with E-state index in [0.29, 0.717) is 16.7 Å². The maximum absolute atomic E-state index is 12.4. The number of carbonyl (C=O) groups is 2. The SMILES string of the molecule is Cc1ccc(C(=O)OCC(=O)c2oc3ccccc3c2C)cc1S(N)(=O)=O. The number of carbonyl (C=O) groups excluding carboxylic acids is 2. The summed E-state index contributed by atoms with van der Waals surface area (Å²) in [7, 11) is -3.97. The highest BCUT2D eigenvalue weighted by Crippen LogP contribution is 2.25. The van der Waals surface area contributed by atoms with E-state index < -0.39 is 28.4 Å². The van der Waals surface area contributed by atoms with Gasteiger partial charge in [0.05, 0.1) is 10.5 Å². The molecule has 27 heavy (non-hydrogen) atoms. The second kappa shape index (κ2) is 6.98. The van der Waals surface area contributed by atoms with Gasteiger partial charge in [0.2, 0.25) is 15.8 Å². The van der Waals surface area contributed by atoms with E-state index in [2.05, 4.69) is 0 Å². The molecule has 0 saturated carbocycles. The summed E-state index contributed by atoms with van der Waals surface area (Å²) < 4.78 is 33.7. The Hall–Kier alpha value is -2.97. The van der Waals surface area contributed by atoms with Crippen LogP contribution in [0.4, 0.5) is 0 Å². The molecule has 0 aliphatic rings.